The molecule has 0 aliphatic carbocycles. The van der Waals surface area contributed by atoms with Crippen molar-refractivity contribution in [3.8, 4) is 0 Å². The number of nitrogen functional groups attached to an aromatic ring is 1. The first-order valence-corrected chi connectivity index (χ1v) is 4.92. The van der Waals surface area contributed by atoms with E-state index in [1.807, 2.05) is 6.07 Å². The smallest absolute Gasteiger partial charge is 0.142 e. The molecule has 0 spiro atoms. The highest BCUT2D eigenvalue weighted by molar-refractivity contribution is 14.1. The highest BCUT2D eigenvalue weighted by Crippen LogP contribution is 2.12. The van der Waals surface area contributed by atoms with Gasteiger partial charge in [-0.15, -0.1) is 12.4 Å². The lowest BCUT2D eigenvalue weighted by Crippen LogP contribution is -2.14. The van der Waals surface area contributed by atoms with Crippen molar-refractivity contribution in [2.75, 3.05) is 0 Å². The summed E-state index contributed by atoms with van der Waals surface area (Å²) in [6, 6.07) is 1.94. The molecule has 0 saturated heterocycles. The SMILES string of the molecule is Cl.N=C(N)c1ncc(I)cc1I. The van der Waals surface area contributed by atoms with Gasteiger partial charge in [0, 0.05) is 13.3 Å². The first-order chi connectivity index (χ1) is 5.11. The minimum atomic E-state index is 0. The molecule has 66 valence electrons. The quantitative estimate of drug-likeness (QED) is 0.424. The highest BCUT2D eigenvalue weighted by Gasteiger charge is 2.03. The van der Waals surface area contributed by atoms with Crippen LogP contribution in [0.1, 0.15) is 5.69 Å². The van der Waals surface area contributed by atoms with Crippen LogP contribution in [0, 0.1) is 12.5 Å². The Balaban J connectivity index is 0.00000121. The summed E-state index contributed by atoms with van der Waals surface area (Å²) in [5, 5.41) is 7.15. The number of amidine groups is 1. The molecule has 0 fully saturated rings. The van der Waals surface area contributed by atoms with E-state index in [-0.39, 0.29) is 18.2 Å². The second kappa shape index (κ2) is 5.18. The molecule has 3 N–H and O–H groups in total. The summed E-state index contributed by atoms with van der Waals surface area (Å²) in [6.07, 6.45) is 1.69. The van der Waals surface area contributed by atoms with Gasteiger partial charge in [0.1, 0.15) is 11.5 Å². The van der Waals surface area contributed by atoms with Crippen LogP contribution in [0.4, 0.5) is 0 Å². The summed E-state index contributed by atoms with van der Waals surface area (Å²) in [5.74, 6) is 0.0193. The van der Waals surface area contributed by atoms with Gasteiger partial charge in [-0.1, -0.05) is 0 Å². The lowest BCUT2D eigenvalue weighted by Gasteiger charge is -1.99. The van der Waals surface area contributed by atoms with Gasteiger partial charge in [-0.2, -0.15) is 0 Å². The van der Waals surface area contributed by atoms with Gasteiger partial charge in [-0.25, -0.2) is 0 Å². The standard InChI is InChI=1S/C6H5I2N3.ClH/c7-3-1-4(8)5(6(9)10)11-2-3;/h1-2H,(H3,9,10);1H. The van der Waals surface area contributed by atoms with Crippen molar-refractivity contribution in [2.24, 2.45) is 5.73 Å². The zero-order valence-corrected chi connectivity index (χ0v) is 11.0. The monoisotopic (exact) mass is 409 g/mol. The summed E-state index contributed by atoms with van der Waals surface area (Å²) in [7, 11) is 0. The largest absolute Gasteiger partial charge is 0.382 e. The van der Waals surface area contributed by atoms with Crippen molar-refractivity contribution < 1.29 is 0 Å². The van der Waals surface area contributed by atoms with E-state index >= 15 is 0 Å². The van der Waals surface area contributed by atoms with Crippen LogP contribution in [-0.2, 0) is 0 Å². The molecule has 12 heavy (non-hydrogen) atoms. The summed E-state index contributed by atoms with van der Waals surface area (Å²) in [5.41, 5.74) is 5.84. The molecule has 0 bridgehead atoms. The summed E-state index contributed by atoms with van der Waals surface area (Å²) < 4.78 is 1.97. The number of nitrogens with one attached hydrogen (secondary N) is 1. The van der Waals surface area contributed by atoms with E-state index < -0.39 is 0 Å². The number of halogens is 3. The molecule has 0 unspecified atom stereocenters. The van der Waals surface area contributed by atoms with E-state index in [9.17, 15) is 0 Å². The van der Waals surface area contributed by atoms with Crippen molar-refractivity contribution in [2.45, 2.75) is 0 Å². The third kappa shape index (κ3) is 3.02. The number of nitrogens with two attached hydrogens (primary N) is 1. The van der Waals surface area contributed by atoms with Crippen molar-refractivity contribution in [3.63, 3.8) is 0 Å². The third-order valence-corrected chi connectivity index (χ3v) is 2.48. The van der Waals surface area contributed by atoms with Gasteiger partial charge in [0.15, 0.2) is 0 Å². The molecule has 3 nitrogen and oxygen atoms in total. The van der Waals surface area contributed by atoms with Crippen LogP contribution >= 0.6 is 57.6 Å². The van der Waals surface area contributed by atoms with Crippen LogP contribution in [-0.4, -0.2) is 10.8 Å². The summed E-state index contributed by atoms with van der Waals surface area (Å²) in [6.45, 7) is 0. The molecule has 0 aliphatic rings. The molecule has 1 aromatic rings. The number of hydrogen-bond donors (Lipinski definition) is 2. The van der Waals surface area contributed by atoms with Gasteiger partial charge in [0.2, 0.25) is 0 Å². The Labute approximate surface area is 104 Å². The molecule has 1 rings (SSSR count). The predicted octanol–water partition coefficient (Wildman–Crippen LogP) is 2.00. The van der Waals surface area contributed by atoms with Gasteiger partial charge in [0.05, 0.1) is 0 Å². The van der Waals surface area contributed by atoms with E-state index in [2.05, 4.69) is 50.2 Å². The zero-order valence-electron chi connectivity index (χ0n) is 5.84. The fourth-order valence-corrected chi connectivity index (χ4v) is 2.42. The number of nitrogens with zero attached hydrogens (tertiary/aromatic N) is 1. The van der Waals surface area contributed by atoms with Crippen LogP contribution in [0.2, 0.25) is 0 Å². The van der Waals surface area contributed by atoms with Gasteiger partial charge in [0.25, 0.3) is 0 Å². The van der Waals surface area contributed by atoms with Crippen LogP contribution in [0.3, 0.4) is 0 Å². The average molecular weight is 409 g/mol. The van der Waals surface area contributed by atoms with Crippen molar-refractivity contribution in [1.82, 2.24) is 4.98 Å². The maximum absolute atomic E-state index is 7.15. The molecular weight excluding hydrogens is 403 g/mol. The molecule has 1 heterocycles. The molecule has 1 aromatic heterocycles. The van der Waals surface area contributed by atoms with Gasteiger partial charge in [-0.3, -0.25) is 10.4 Å². The van der Waals surface area contributed by atoms with E-state index in [1.54, 1.807) is 6.20 Å². The fraction of sp³-hybridized carbons (Fsp3) is 0. The van der Waals surface area contributed by atoms with Crippen LogP contribution in [0.5, 0.6) is 0 Å². The number of aromatic nitrogens is 1. The molecule has 0 amide bonds. The maximum atomic E-state index is 7.15. The highest BCUT2D eigenvalue weighted by atomic mass is 127. The number of pyridine rings is 1. The Kier molecular flexibility index (Phi) is 5.34. The Morgan fingerprint density at radius 2 is 2.08 bits per heavy atom. The van der Waals surface area contributed by atoms with Crippen molar-refractivity contribution >= 4 is 63.4 Å². The Morgan fingerprint density at radius 1 is 1.50 bits per heavy atom. The lowest BCUT2D eigenvalue weighted by molar-refractivity contribution is 1.22. The van der Waals surface area contributed by atoms with E-state index in [4.69, 9.17) is 11.1 Å². The van der Waals surface area contributed by atoms with Crippen LogP contribution in [0.15, 0.2) is 12.3 Å². The molecule has 0 aromatic carbocycles. The summed E-state index contributed by atoms with van der Waals surface area (Å²) >= 11 is 4.28. The second-order valence-electron chi connectivity index (χ2n) is 1.90. The first-order valence-electron chi connectivity index (χ1n) is 2.76. The van der Waals surface area contributed by atoms with Gasteiger partial charge >= 0.3 is 0 Å². The van der Waals surface area contributed by atoms with Crippen molar-refractivity contribution in [3.05, 3.63) is 25.1 Å². The molecule has 6 heteroatoms. The molecule has 0 saturated carbocycles. The normalized spacial score (nSPS) is 8.83. The second-order valence-corrected chi connectivity index (χ2v) is 4.31. The average Bonchev–Trinajstić information content (AvgIpc) is 1.85. The summed E-state index contributed by atoms with van der Waals surface area (Å²) in [4.78, 5) is 4.01. The number of hydrogen-bond acceptors (Lipinski definition) is 2. The van der Waals surface area contributed by atoms with E-state index in [0.29, 0.717) is 5.69 Å². The Bertz CT molecular complexity index is 303. The third-order valence-electron chi connectivity index (χ3n) is 1.06. The fourth-order valence-electron chi connectivity index (χ4n) is 0.613. The molecular formula is C6H6ClI2N3. The topological polar surface area (TPSA) is 62.8 Å². The van der Waals surface area contributed by atoms with Crippen LogP contribution < -0.4 is 5.73 Å². The van der Waals surface area contributed by atoms with E-state index in [0.717, 1.165) is 7.14 Å². The molecule has 0 aliphatic heterocycles. The van der Waals surface area contributed by atoms with Crippen LogP contribution in [0.25, 0.3) is 0 Å². The van der Waals surface area contributed by atoms with E-state index in [1.165, 1.54) is 0 Å². The first kappa shape index (κ1) is 12.4. The Hall–Kier alpha value is 0.370. The molecule has 0 atom stereocenters. The predicted molar refractivity (Wildman–Crippen MR) is 67.9 cm³/mol. The minimum Gasteiger partial charge on any atom is -0.382 e. The zero-order chi connectivity index (χ0) is 8.43. The van der Waals surface area contributed by atoms with Gasteiger partial charge < -0.3 is 5.73 Å². The molecule has 0 radical (unpaired) electrons. The van der Waals surface area contributed by atoms with Crippen molar-refractivity contribution in [1.29, 1.82) is 5.41 Å². The minimum absolute atomic E-state index is 0. The Morgan fingerprint density at radius 3 is 2.50 bits per heavy atom. The number of rotatable bonds is 1. The van der Waals surface area contributed by atoms with Gasteiger partial charge in [-0.05, 0) is 51.2 Å². The lowest BCUT2D eigenvalue weighted by atomic mass is 10.3. The maximum Gasteiger partial charge on any atom is 0.142 e.